The van der Waals surface area contributed by atoms with Crippen LogP contribution >= 0.6 is 11.6 Å². The van der Waals surface area contributed by atoms with E-state index in [2.05, 4.69) is 32.9 Å². The van der Waals surface area contributed by atoms with Crippen molar-refractivity contribution in [1.82, 2.24) is 0 Å². The van der Waals surface area contributed by atoms with E-state index in [4.69, 9.17) is 17.3 Å². The molecule has 0 saturated heterocycles. The third-order valence-electron chi connectivity index (χ3n) is 3.48. The molecular formula is C15H24ClN. The number of halogens is 1. The Morgan fingerprint density at radius 2 is 2.00 bits per heavy atom. The molecule has 1 aromatic rings. The molecule has 96 valence electrons. The van der Waals surface area contributed by atoms with E-state index in [-0.39, 0.29) is 5.54 Å². The summed E-state index contributed by atoms with van der Waals surface area (Å²) < 4.78 is 0. The van der Waals surface area contributed by atoms with Crippen LogP contribution in [0.1, 0.15) is 50.7 Å². The molecule has 2 N–H and O–H groups in total. The van der Waals surface area contributed by atoms with Gasteiger partial charge in [0.15, 0.2) is 0 Å². The van der Waals surface area contributed by atoms with Crippen molar-refractivity contribution in [3.05, 3.63) is 34.3 Å². The van der Waals surface area contributed by atoms with Crippen molar-refractivity contribution in [3.63, 3.8) is 0 Å². The van der Waals surface area contributed by atoms with Crippen molar-refractivity contribution in [3.8, 4) is 0 Å². The molecule has 0 bridgehead atoms. The second kappa shape index (κ2) is 6.42. The van der Waals surface area contributed by atoms with Gasteiger partial charge >= 0.3 is 0 Å². The van der Waals surface area contributed by atoms with Gasteiger partial charge in [-0.15, -0.1) is 0 Å². The Bertz CT molecular complexity index is 362. The minimum atomic E-state index is -0.102. The van der Waals surface area contributed by atoms with Crippen molar-refractivity contribution < 1.29 is 0 Å². The molecule has 0 aliphatic carbocycles. The van der Waals surface area contributed by atoms with Crippen LogP contribution in [0, 0.1) is 6.92 Å². The molecule has 0 aromatic heterocycles. The predicted octanol–water partition coefficient (Wildman–Crippen LogP) is 4.49. The number of nitrogens with two attached hydrogens (primary N) is 1. The van der Waals surface area contributed by atoms with Crippen LogP contribution in [0.15, 0.2) is 18.2 Å². The molecule has 0 aliphatic heterocycles. The number of benzene rings is 1. The monoisotopic (exact) mass is 253 g/mol. The summed E-state index contributed by atoms with van der Waals surface area (Å²) in [6, 6.07) is 6.24. The number of hydrogen-bond acceptors (Lipinski definition) is 1. The summed E-state index contributed by atoms with van der Waals surface area (Å²) in [5.41, 5.74) is 8.74. The molecular weight excluding hydrogens is 230 g/mol. The van der Waals surface area contributed by atoms with Gasteiger partial charge in [0.1, 0.15) is 0 Å². The number of aryl methyl sites for hydroxylation is 1. The molecule has 0 radical (unpaired) electrons. The second-order valence-electron chi connectivity index (χ2n) is 5.09. The highest BCUT2D eigenvalue weighted by Gasteiger charge is 2.23. The van der Waals surface area contributed by atoms with Crippen LogP contribution in [0.25, 0.3) is 0 Å². The molecule has 0 spiro atoms. The zero-order valence-corrected chi connectivity index (χ0v) is 12.0. The van der Waals surface area contributed by atoms with E-state index >= 15 is 0 Å². The smallest absolute Gasteiger partial charge is 0.0441 e. The number of unbranched alkanes of at least 4 members (excludes halogenated alkanes) is 1. The molecule has 1 nitrogen and oxygen atoms in total. The maximum absolute atomic E-state index is 6.46. The van der Waals surface area contributed by atoms with E-state index in [9.17, 15) is 0 Å². The lowest BCUT2D eigenvalue weighted by Gasteiger charge is -2.29. The Labute approximate surface area is 110 Å². The standard InChI is InChI=1S/C15H24ClN/c1-4-6-9-15(17,5-2)11-13-8-7-12(3)10-14(13)16/h7-8,10H,4-6,9,11,17H2,1-3H3. The van der Waals surface area contributed by atoms with Crippen LogP contribution < -0.4 is 5.73 Å². The van der Waals surface area contributed by atoms with Crippen molar-refractivity contribution in [2.24, 2.45) is 5.73 Å². The first-order valence-electron chi connectivity index (χ1n) is 6.54. The number of rotatable bonds is 6. The summed E-state index contributed by atoms with van der Waals surface area (Å²) >= 11 is 6.27. The summed E-state index contributed by atoms with van der Waals surface area (Å²) in [5.74, 6) is 0. The lowest BCUT2D eigenvalue weighted by Crippen LogP contribution is -2.41. The Morgan fingerprint density at radius 1 is 1.29 bits per heavy atom. The molecule has 0 saturated carbocycles. The van der Waals surface area contributed by atoms with Crippen molar-refractivity contribution in [1.29, 1.82) is 0 Å². The lowest BCUT2D eigenvalue weighted by atomic mass is 9.84. The molecule has 2 heteroatoms. The maximum Gasteiger partial charge on any atom is 0.0441 e. The van der Waals surface area contributed by atoms with Crippen molar-refractivity contribution in [2.75, 3.05) is 0 Å². The maximum atomic E-state index is 6.46. The van der Waals surface area contributed by atoms with Crippen LogP contribution in [0.3, 0.4) is 0 Å². The summed E-state index contributed by atoms with van der Waals surface area (Å²) in [7, 11) is 0. The molecule has 0 amide bonds. The first kappa shape index (κ1) is 14.5. The molecule has 1 atom stereocenters. The summed E-state index contributed by atoms with van der Waals surface area (Å²) in [4.78, 5) is 0. The lowest BCUT2D eigenvalue weighted by molar-refractivity contribution is 0.365. The number of hydrogen-bond donors (Lipinski definition) is 1. The quantitative estimate of drug-likeness (QED) is 0.794. The van der Waals surface area contributed by atoms with E-state index in [1.54, 1.807) is 0 Å². The zero-order chi connectivity index (χ0) is 12.9. The summed E-state index contributed by atoms with van der Waals surface area (Å²) in [5, 5.41) is 0.852. The molecule has 1 unspecified atom stereocenters. The van der Waals surface area contributed by atoms with Gasteiger partial charge in [-0.05, 0) is 43.4 Å². The summed E-state index contributed by atoms with van der Waals surface area (Å²) in [6.07, 6.45) is 5.33. The average Bonchev–Trinajstić information content (AvgIpc) is 2.30. The van der Waals surface area contributed by atoms with Gasteiger partial charge in [0.25, 0.3) is 0 Å². The Hall–Kier alpha value is -0.530. The highest BCUT2D eigenvalue weighted by molar-refractivity contribution is 6.31. The SMILES string of the molecule is CCCCC(N)(CC)Cc1ccc(C)cc1Cl. The van der Waals surface area contributed by atoms with Gasteiger partial charge in [0.2, 0.25) is 0 Å². The molecule has 0 aliphatic rings. The van der Waals surface area contributed by atoms with E-state index < -0.39 is 0 Å². The third kappa shape index (κ3) is 4.33. The van der Waals surface area contributed by atoms with E-state index in [1.807, 2.05) is 6.07 Å². The van der Waals surface area contributed by atoms with Gasteiger partial charge in [-0.3, -0.25) is 0 Å². The fourth-order valence-electron chi connectivity index (χ4n) is 2.09. The van der Waals surface area contributed by atoms with Crippen LogP contribution in [0.5, 0.6) is 0 Å². The van der Waals surface area contributed by atoms with Crippen LogP contribution in [0.4, 0.5) is 0 Å². The second-order valence-corrected chi connectivity index (χ2v) is 5.50. The van der Waals surface area contributed by atoms with E-state index in [0.29, 0.717) is 0 Å². The molecule has 1 rings (SSSR count). The van der Waals surface area contributed by atoms with Gasteiger partial charge in [-0.25, -0.2) is 0 Å². The summed E-state index contributed by atoms with van der Waals surface area (Å²) in [6.45, 7) is 6.43. The Kier molecular flexibility index (Phi) is 5.48. The van der Waals surface area contributed by atoms with Crippen LogP contribution in [-0.4, -0.2) is 5.54 Å². The van der Waals surface area contributed by atoms with Gasteiger partial charge in [-0.1, -0.05) is 50.4 Å². The van der Waals surface area contributed by atoms with Crippen LogP contribution in [0.2, 0.25) is 5.02 Å². The van der Waals surface area contributed by atoms with Crippen molar-refractivity contribution in [2.45, 2.75) is 58.4 Å². The third-order valence-corrected chi connectivity index (χ3v) is 3.84. The molecule has 17 heavy (non-hydrogen) atoms. The fraction of sp³-hybridized carbons (Fsp3) is 0.600. The molecule has 0 fully saturated rings. The van der Waals surface area contributed by atoms with Gasteiger partial charge in [-0.2, -0.15) is 0 Å². The minimum absolute atomic E-state index is 0.102. The van der Waals surface area contributed by atoms with E-state index in [0.717, 1.165) is 24.3 Å². The molecule has 0 heterocycles. The Morgan fingerprint density at radius 3 is 2.53 bits per heavy atom. The Balaban J connectivity index is 2.79. The predicted molar refractivity (Wildman–Crippen MR) is 76.6 cm³/mol. The van der Waals surface area contributed by atoms with E-state index in [1.165, 1.54) is 24.0 Å². The van der Waals surface area contributed by atoms with Crippen molar-refractivity contribution >= 4 is 11.6 Å². The van der Waals surface area contributed by atoms with Crippen LogP contribution in [-0.2, 0) is 6.42 Å². The largest absolute Gasteiger partial charge is 0.325 e. The van der Waals surface area contributed by atoms with Gasteiger partial charge in [0, 0.05) is 10.6 Å². The fourth-order valence-corrected chi connectivity index (χ4v) is 2.40. The highest BCUT2D eigenvalue weighted by atomic mass is 35.5. The highest BCUT2D eigenvalue weighted by Crippen LogP contribution is 2.26. The topological polar surface area (TPSA) is 26.0 Å². The minimum Gasteiger partial charge on any atom is -0.325 e. The first-order chi connectivity index (χ1) is 8.00. The van der Waals surface area contributed by atoms with Gasteiger partial charge < -0.3 is 5.73 Å². The first-order valence-corrected chi connectivity index (χ1v) is 6.92. The molecule has 1 aromatic carbocycles. The van der Waals surface area contributed by atoms with Gasteiger partial charge in [0.05, 0.1) is 0 Å². The zero-order valence-electron chi connectivity index (χ0n) is 11.2. The average molecular weight is 254 g/mol. The normalized spacial score (nSPS) is 14.6.